The van der Waals surface area contributed by atoms with Gasteiger partial charge in [-0.3, -0.25) is 0 Å². The van der Waals surface area contributed by atoms with Gasteiger partial charge in [0.05, 0.1) is 156 Å². The van der Waals surface area contributed by atoms with Crippen LogP contribution in [-0.2, 0) is 56.8 Å². The number of ether oxygens (including phenoxy) is 12. The van der Waals surface area contributed by atoms with Gasteiger partial charge in [-0.25, -0.2) is 0 Å². The first-order chi connectivity index (χ1) is 28.3. The van der Waals surface area contributed by atoms with E-state index in [1.54, 1.807) is 0 Å². The van der Waals surface area contributed by atoms with Crippen LogP contribution >= 0.6 is 0 Å². The van der Waals surface area contributed by atoms with Gasteiger partial charge in [-0.2, -0.15) is 0 Å². The molecular formula is C45H92O13. The Bertz CT molecular complexity index is 783. The molecule has 1 N–H and O–H groups in total. The van der Waals surface area contributed by atoms with E-state index in [0.29, 0.717) is 112 Å². The van der Waals surface area contributed by atoms with E-state index in [1.807, 2.05) is 34.6 Å². The van der Waals surface area contributed by atoms with E-state index in [0.717, 1.165) is 13.0 Å². The van der Waals surface area contributed by atoms with Crippen LogP contribution in [0.3, 0.4) is 0 Å². The van der Waals surface area contributed by atoms with Crippen LogP contribution in [0.25, 0.3) is 0 Å². The van der Waals surface area contributed by atoms with Crippen LogP contribution < -0.4 is 0 Å². The summed E-state index contributed by atoms with van der Waals surface area (Å²) in [6, 6.07) is 0. The molecule has 350 valence electrons. The molecule has 0 bridgehead atoms. The molecule has 0 heterocycles. The van der Waals surface area contributed by atoms with Gasteiger partial charge in [0, 0.05) is 6.61 Å². The molecule has 0 aromatic carbocycles. The highest BCUT2D eigenvalue weighted by Gasteiger charge is 2.14. The second-order valence-electron chi connectivity index (χ2n) is 15.5. The van der Waals surface area contributed by atoms with Crippen LogP contribution in [0.2, 0.25) is 0 Å². The summed E-state index contributed by atoms with van der Waals surface area (Å²) in [4.78, 5) is 0. The number of aliphatic hydroxyl groups excluding tert-OH is 1. The fourth-order valence-electron chi connectivity index (χ4n) is 5.61. The maximum absolute atomic E-state index is 8.62. The summed E-state index contributed by atoms with van der Waals surface area (Å²) in [7, 11) is 0. The predicted octanol–water partition coefficient (Wildman–Crippen LogP) is 7.60. The molecule has 13 heteroatoms. The van der Waals surface area contributed by atoms with Gasteiger partial charge in [-0.05, 0) is 48.0 Å². The van der Waals surface area contributed by atoms with Gasteiger partial charge < -0.3 is 61.9 Å². The van der Waals surface area contributed by atoms with Crippen molar-refractivity contribution in [2.45, 2.75) is 169 Å². The molecule has 0 rings (SSSR count). The molecule has 0 spiro atoms. The molecule has 0 saturated heterocycles. The first kappa shape index (κ1) is 57.5. The molecule has 0 aliphatic heterocycles. The molecule has 0 aromatic heterocycles. The first-order valence-electron chi connectivity index (χ1n) is 23.0. The number of aliphatic hydroxyl groups is 1. The Hall–Kier alpha value is -0.520. The second-order valence-corrected chi connectivity index (χ2v) is 15.5. The average molecular weight is 841 g/mol. The number of unbranched alkanes of at least 4 members (excludes halogenated alkanes) is 12. The summed E-state index contributed by atoms with van der Waals surface area (Å²) in [6.45, 7) is 23.5. The van der Waals surface area contributed by atoms with Crippen LogP contribution in [0, 0.1) is 0 Å². The molecule has 13 nitrogen and oxygen atoms in total. The number of hydrogen-bond donors (Lipinski definition) is 1. The van der Waals surface area contributed by atoms with Crippen LogP contribution in [0.1, 0.15) is 132 Å². The third kappa shape index (κ3) is 45.0. The average Bonchev–Trinajstić information content (AvgIpc) is 3.22. The fourth-order valence-corrected chi connectivity index (χ4v) is 5.61. The van der Waals surface area contributed by atoms with E-state index in [1.165, 1.54) is 77.0 Å². The zero-order chi connectivity index (χ0) is 42.6. The van der Waals surface area contributed by atoms with Gasteiger partial charge >= 0.3 is 0 Å². The van der Waals surface area contributed by atoms with E-state index in [4.69, 9.17) is 61.9 Å². The van der Waals surface area contributed by atoms with Crippen LogP contribution in [0.15, 0.2) is 0 Å². The molecule has 0 aromatic rings. The minimum absolute atomic E-state index is 0.0235. The monoisotopic (exact) mass is 841 g/mol. The molecule has 6 unspecified atom stereocenters. The van der Waals surface area contributed by atoms with Gasteiger partial charge in [0.2, 0.25) is 0 Å². The lowest BCUT2D eigenvalue weighted by Gasteiger charge is -2.22. The van der Waals surface area contributed by atoms with E-state index < -0.39 is 0 Å². The fraction of sp³-hybridized carbons (Fsp3) is 1.00. The quantitative estimate of drug-likeness (QED) is 0.0604. The van der Waals surface area contributed by atoms with E-state index in [9.17, 15) is 0 Å². The third-order valence-corrected chi connectivity index (χ3v) is 9.18. The lowest BCUT2D eigenvalue weighted by atomic mass is 10.0. The molecule has 58 heavy (non-hydrogen) atoms. The van der Waals surface area contributed by atoms with E-state index in [-0.39, 0.29) is 43.2 Å². The predicted molar refractivity (Wildman–Crippen MR) is 230 cm³/mol. The highest BCUT2D eigenvalue weighted by atomic mass is 16.6. The number of hydrogen-bond acceptors (Lipinski definition) is 13. The SMILES string of the molecule is CCCCCCCCCCCCCCCOCC(C)OCC(C)OCC(C)OCC(C)OCC(C)OCC(C)OCCOCCOCCOCCOCCOCCO. The summed E-state index contributed by atoms with van der Waals surface area (Å²) in [5, 5.41) is 8.62. The Balaban J connectivity index is 3.58. The van der Waals surface area contributed by atoms with E-state index >= 15 is 0 Å². The van der Waals surface area contributed by atoms with Crippen LogP contribution in [0.4, 0.5) is 0 Å². The molecule has 0 fully saturated rings. The number of rotatable bonds is 49. The molecule has 0 saturated carbocycles. The van der Waals surface area contributed by atoms with Crippen molar-refractivity contribution in [2.75, 3.05) is 126 Å². The molecular weight excluding hydrogens is 748 g/mol. The molecule has 0 radical (unpaired) electrons. The van der Waals surface area contributed by atoms with Crippen molar-refractivity contribution >= 4 is 0 Å². The highest BCUT2D eigenvalue weighted by molar-refractivity contribution is 4.59. The van der Waals surface area contributed by atoms with Crippen molar-refractivity contribution in [1.29, 1.82) is 0 Å². The van der Waals surface area contributed by atoms with Crippen LogP contribution in [0.5, 0.6) is 0 Å². The topological polar surface area (TPSA) is 131 Å². The summed E-state index contributed by atoms with van der Waals surface area (Å²) in [5.74, 6) is 0. The Morgan fingerprint density at radius 1 is 0.276 bits per heavy atom. The minimum Gasteiger partial charge on any atom is -0.394 e. The van der Waals surface area contributed by atoms with Gasteiger partial charge in [-0.1, -0.05) is 84.0 Å². The smallest absolute Gasteiger partial charge is 0.0781 e. The summed E-state index contributed by atoms with van der Waals surface area (Å²) < 4.78 is 68.4. The lowest BCUT2D eigenvalue weighted by molar-refractivity contribution is -0.105. The maximum atomic E-state index is 8.62. The minimum atomic E-state index is -0.0657. The Labute approximate surface area is 355 Å². The third-order valence-electron chi connectivity index (χ3n) is 9.18. The largest absolute Gasteiger partial charge is 0.394 e. The first-order valence-corrected chi connectivity index (χ1v) is 23.0. The van der Waals surface area contributed by atoms with Gasteiger partial charge in [-0.15, -0.1) is 0 Å². The molecule has 0 aliphatic carbocycles. The van der Waals surface area contributed by atoms with Gasteiger partial charge in [0.15, 0.2) is 0 Å². The van der Waals surface area contributed by atoms with Gasteiger partial charge in [0.25, 0.3) is 0 Å². The Morgan fingerprint density at radius 2 is 0.552 bits per heavy atom. The zero-order valence-electron chi connectivity index (χ0n) is 38.4. The summed E-state index contributed by atoms with van der Waals surface area (Å²) in [5.41, 5.74) is 0. The van der Waals surface area contributed by atoms with Crippen LogP contribution in [-0.4, -0.2) is 167 Å². The van der Waals surface area contributed by atoms with Crippen molar-refractivity contribution in [2.24, 2.45) is 0 Å². The summed E-state index contributed by atoms with van der Waals surface area (Å²) in [6.07, 6.45) is 17.5. The van der Waals surface area contributed by atoms with E-state index in [2.05, 4.69) is 13.8 Å². The molecule has 6 atom stereocenters. The highest BCUT2D eigenvalue weighted by Crippen LogP contribution is 2.13. The maximum Gasteiger partial charge on any atom is 0.0781 e. The summed E-state index contributed by atoms with van der Waals surface area (Å²) >= 11 is 0. The molecule has 0 amide bonds. The van der Waals surface area contributed by atoms with Crippen molar-refractivity contribution in [1.82, 2.24) is 0 Å². The van der Waals surface area contributed by atoms with Crippen molar-refractivity contribution in [3.05, 3.63) is 0 Å². The standard InChI is InChI=1S/C45H92O13/c1-8-9-10-11-12-13-14-15-16-17-18-19-20-22-52-34-40(2)54-36-42(4)56-38-44(6)58-39-45(7)57-37-43(5)55-35-41(3)53-33-32-51-31-30-50-29-28-49-27-26-48-25-24-47-23-21-46/h40-46H,8-39H2,1-7H3. The second kappa shape index (κ2) is 46.0. The van der Waals surface area contributed by atoms with Crippen molar-refractivity contribution < 1.29 is 61.9 Å². The zero-order valence-corrected chi connectivity index (χ0v) is 38.4. The Morgan fingerprint density at radius 3 is 0.897 bits per heavy atom. The molecule has 0 aliphatic rings. The van der Waals surface area contributed by atoms with Crippen molar-refractivity contribution in [3.8, 4) is 0 Å². The Kier molecular flexibility index (Phi) is 45.6. The normalized spacial score (nSPS) is 15.1. The van der Waals surface area contributed by atoms with Crippen molar-refractivity contribution in [3.63, 3.8) is 0 Å². The van der Waals surface area contributed by atoms with Gasteiger partial charge in [0.1, 0.15) is 0 Å². The lowest BCUT2D eigenvalue weighted by Crippen LogP contribution is -2.30.